The van der Waals surface area contributed by atoms with E-state index in [2.05, 4.69) is 0 Å². The van der Waals surface area contributed by atoms with Gasteiger partial charge in [-0.3, -0.25) is 18.7 Å². The van der Waals surface area contributed by atoms with Gasteiger partial charge in [0.2, 0.25) is 5.91 Å². The molecule has 0 saturated heterocycles. The van der Waals surface area contributed by atoms with Gasteiger partial charge in [0, 0.05) is 36.0 Å². The summed E-state index contributed by atoms with van der Waals surface area (Å²) in [5, 5.41) is 8.04. The number of hydrogen-bond acceptors (Lipinski definition) is 5. The quantitative estimate of drug-likeness (QED) is 0.227. The van der Waals surface area contributed by atoms with Crippen LogP contribution in [0.4, 0.5) is 0 Å². The molecule has 9 heteroatoms. The number of nitrogens with one attached hydrogen (secondary N) is 1. The molecule has 3 N–H and O–H groups in total. The first-order valence-corrected chi connectivity index (χ1v) is 15.7. The number of aryl methyl sites for hydroxylation is 1. The molecule has 5 rings (SSSR count). The Labute approximate surface area is 247 Å². The van der Waals surface area contributed by atoms with E-state index >= 15 is 0 Å². The maximum Gasteiger partial charge on any atom is 0.333 e. The lowest BCUT2D eigenvalue weighted by molar-refractivity contribution is -0.114. The monoisotopic (exact) mass is 572 g/mol. The number of hydrogen-bond donors (Lipinski definition) is 2. The Balaban J connectivity index is 1.55. The topological polar surface area (TPSA) is 129 Å². The summed E-state index contributed by atoms with van der Waals surface area (Å²) >= 11 is 0. The van der Waals surface area contributed by atoms with Gasteiger partial charge in [-0.1, -0.05) is 76.1 Å². The van der Waals surface area contributed by atoms with Gasteiger partial charge < -0.3 is 15.7 Å². The van der Waals surface area contributed by atoms with Crippen molar-refractivity contribution in [1.29, 1.82) is 5.41 Å². The van der Waals surface area contributed by atoms with Gasteiger partial charge in [-0.15, -0.1) is 0 Å². The molecule has 0 unspecified atom stereocenters. The lowest BCUT2D eigenvalue weighted by Crippen LogP contribution is -2.44. The zero-order valence-corrected chi connectivity index (χ0v) is 25.0. The number of nitrogens with two attached hydrogens (primary N) is 1. The summed E-state index contributed by atoms with van der Waals surface area (Å²) in [7, 11) is 1.89. The first kappa shape index (κ1) is 29.7. The van der Waals surface area contributed by atoms with Crippen molar-refractivity contribution in [1.82, 2.24) is 18.7 Å². The maximum atomic E-state index is 14.1. The van der Waals surface area contributed by atoms with Gasteiger partial charge in [0.15, 0.2) is 11.2 Å². The van der Waals surface area contributed by atoms with Crippen LogP contribution in [0.25, 0.3) is 28.6 Å². The summed E-state index contributed by atoms with van der Waals surface area (Å²) in [5.74, 6) is 0.153. The van der Waals surface area contributed by atoms with Crippen molar-refractivity contribution in [2.75, 3.05) is 0 Å². The summed E-state index contributed by atoms with van der Waals surface area (Å²) in [6, 6.07) is 7.65. The third-order valence-electron chi connectivity index (χ3n) is 9.08. The zero-order valence-electron chi connectivity index (χ0n) is 25.0. The van der Waals surface area contributed by atoms with Crippen LogP contribution in [-0.2, 0) is 11.8 Å². The minimum Gasteiger partial charge on any atom is -0.366 e. The maximum absolute atomic E-state index is 14.1. The molecule has 0 bridgehead atoms. The van der Waals surface area contributed by atoms with Crippen molar-refractivity contribution in [3.63, 3.8) is 0 Å². The molecular formula is C33H44N6O3. The fraction of sp³-hybridized carbons (Fsp3) is 0.545. The van der Waals surface area contributed by atoms with Crippen molar-refractivity contribution < 1.29 is 4.79 Å². The van der Waals surface area contributed by atoms with Crippen molar-refractivity contribution in [3.05, 3.63) is 56.2 Å². The SMILES string of the molecule is CCCC(=N)CC/C(=C\c1ccc(-c2nc3c(=O)n(C4CCCCC4)c(=O)n(C4CCCCC4)c3n2C)cc1)C(N)=O. The molecular weight excluding hydrogens is 528 g/mol. The van der Waals surface area contributed by atoms with Crippen LogP contribution in [0.5, 0.6) is 0 Å². The summed E-state index contributed by atoms with van der Waals surface area (Å²) in [5.41, 5.74) is 8.90. The van der Waals surface area contributed by atoms with E-state index in [9.17, 15) is 14.4 Å². The molecule has 9 nitrogen and oxygen atoms in total. The minimum atomic E-state index is -0.478. The molecule has 2 heterocycles. The van der Waals surface area contributed by atoms with Crippen molar-refractivity contribution in [2.24, 2.45) is 12.8 Å². The Morgan fingerprint density at radius 2 is 1.52 bits per heavy atom. The fourth-order valence-corrected chi connectivity index (χ4v) is 6.81. The van der Waals surface area contributed by atoms with Crippen LogP contribution < -0.4 is 17.0 Å². The minimum absolute atomic E-state index is 0.0611. The van der Waals surface area contributed by atoms with Gasteiger partial charge in [0.05, 0.1) is 0 Å². The van der Waals surface area contributed by atoms with E-state index in [0.717, 1.165) is 81.8 Å². The van der Waals surface area contributed by atoms with E-state index in [4.69, 9.17) is 16.1 Å². The van der Waals surface area contributed by atoms with E-state index in [-0.39, 0.29) is 23.3 Å². The second-order valence-electron chi connectivity index (χ2n) is 12.1. The van der Waals surface area contributed by atoms with Crippen LogP contribution in [0, 0.1) is 5.41 Å². The third kappa shape index (κ3) is 6.05. The van der Waals surface area contributed by atoms with E-state index in [1.807, 2.05) is 47.4 Å². The van der Waals surface area contributed by atoms with Crippen LogP contribution in [0.3, 0.4) is 0 Å². The van der Waals surface area contributed by atoms with E-state index in [0.29, 0.717) is 41.1 Å². The Morgan fingerprint density at radius 3 is 2.10 bits per heavy atom. The van der Waals surface area contributed by atoms with Gasteiger partial charge in [0.25, 0.3) is 5.56 Å². The fourth-order valence-electron chi connectivity index (χ4n) is 6.81. The second kappa shape index (κ2) is 13.0. The standard InChI is InChI=1S/C33H44N6O3/c1-3-10-25(34)20-19-24(29(35)40)21-22-15-17-23(18-16-22)30-36-28-31(37(30)2)38(26-11-6-4-7-12-26)33(42)39(32(28)41)27-13-8-5-9-14-27/h15-18,21,26-27,34H,3-14,19-20H2,1-2H3,(H2,35,40)/b24-21+,34-25?. The van der Waals surface area contributed by atoms with Crippen molar-refractivity contribution in [2.45, 2.75) is 109 Å². The number of carbonyl (C=O) groups excluding carboxylic acids is 1. The lowest BCUT2D eigenvalue weighted by atomic mass is 9.94. The summed E-state index contributed by atoms with van der Waals surface area (Å²) in [6.07, 6.45) is 14.5. The van der Waals surface area contributed by atoms with Crippen LogP contribution >= 0.6 is 0 Å². The molecule has 3 aromatic rings. The third-order valence-corrected chi connectivity index (χ3v) is 9.08. The molecule has 2 aromatic heterocycles. The number of primary amides is 1. The smallest absolute Gasteiger partial charge is 0.333 e. The number of rotatable bonds is 10. The molecule has 1 aromatic carbocycles. The van der Waals surface area contributed by atoms with Gasteiger partial charge in [-0.05, 0) is 56.6 Å². The van der Waals surface area contributed by atoms with E-state index in [1.54, 1.807) is 6.08 Å². The Kier molecular flexibility index (Phi) is 9.24. The average molecular weight is 573 g/mol. The number of amides is 1. The van der Waals surface area contributed by atoms with Crippen LogP contribution in [0.15, 0.2) is 39.4 Å². The molecule has 2 aliphatic carbocycles. The number of nitrogens with zero attached hydrogens (tertiary/aromatic N) is 4. The molecule has 2 fully saturated rings. The van der Waals surface area contributed by atoms with Gasteiger partial charge in [-0.2, -0.15) is 0 Å². The van der Waals surface area contributed by atoms with Crippen LogP contribution in [-0.4, -0.2) is 30.3 Å². The molecule has 224 valence electrons. The van der Waals surface area contributed by atoms with E-state index < -0.39 is 5.91 Å². The highest BCUT2D eigenvalue weighted by molar-refractivity contribution is 5.97. The average Bonchev–Trinajstić information content (AvgIpc) is 3.33. The van der Waals surface area contributed by atoms with E-state index in [1.165, 1.54) is 11.0 Å². The van der Waals surface area contributed by atoms with Crippen LogP contribution in [0.1, 0.15) is 114 Å². The van der Waals surface area contributed by atoms with Crippen molar-refractivity contribution in [3.8, 4) is 11.4 Å². The first-order chi connectivity index (χ1) is 20.3. The Bertz CT molecular complexity index is 1600. The van der Waals surface area contributed by atoms with Gasteiger partial charge in [-0.25, -0.2) is 9.78 Å². The van der Waals surface area contributed by atoms with Gasteiger partial charge >= 0.3 is 5.69 Å². The summed E-state index contributed by atoms with van der Waals surface area (Å²) in [6.45, 7) is 2.03. The van der Waals surface area contributed by atoms with Crippen molar-refractivity contribution >= 4 is 28.9 Å². The molecule has 42 heavy (non-hydrogen) atoms. The Hall–Kier alpha value is -3.75. The summed E-state index contributed by atoms with van der Waals surface area (Å²) in [4.78, 5) is 44.9. The number of carbonyl (C=O) groups is 1. The van der Waals surface area contributed by atoms with Crippen LogP contribution in [0.2, 0.25) is 0 Å². The highest BCUT2D eigenvalue weighted by Crippen LogP contribution is 2.32. The second-order valence-corrected chi connectivity index (χ2v) is 12.1. The Morgan fingerprint density at radius 1 is 0.929 bits per heavy atom. The number of imidazole rings is 1. The predicted octanol–water partition coefficient (Wildman–Crippen LogP) is 6.04. The molecule has 0 atom stereocenters. The highest BCUT2D eigenvalue weighted by atomic mass is 16.2. The molecule has 2 aliphatic rings. The number of benzene rings is 1. The molecule has 0 aliphatic heterocycles. The summed E-state index contributed by atoms with van der Waals surface area (Å²) < 4.78 is 5.30. The van der Waals surface area contributed by atoms with Gasteiger partial charge in [0.1, 0.15) is 5.82 Å². The number of fused-ring (bicyclic) bond motifs is 1. The number of aromatic nitrogens is 4. The molecule has 2 saturated carbocycles. The lowest BCUT2D eigenvalue weighted by Gasteiger charge is -2.28. The molecule has 0 radical (unpaired) electrons. The largest absolute Gasteiger partial charge is 0.366 e. The molecule has 1 amide bonds. The molecule has 0 spiro atoms. The highest BCUT2D eigenvalue weighted by Gasteiger charge is 2.29. The predicted molar refractivity (Wildman–Crippen MR) is 168 cm³/mol. The first-order valence-electron chi connectivity index (χ1n) is 15.7. The zero-order chi connectivity index (χ0) is 29.8. The normalized spacial score (nSPS) is 17.1.